The van der Waals surface area contributed by atoms with Crippen LogP contribution in [0, 0.1) is 6.92 Å². The monoisotopic (exact) mass is 387 g/mol. The molecule has 0 aliphatic heterocycles. The number of amides is 1. The molecule has 0 N–H and O–H groups in total. The van der Waals surface area contributed by atoms with Gasteiger partial charge in [0.2, 0.25) is 5.91 Å². The summed E-state index contributed by atoms with van der Waals surface area (Å²) in [6, 6.07) is 9.14. The summed E-state index contributed by atoms with van der Waals surface area (Å²) in [6.45, 7) is 2.58. The fourth-order valence-electron chi connectivity index (χ4n) is 2.61. The molecular formula is C19H21N3O4S. The molecule has 7 nitrogen and oxygen atoms in total. The van der Waals surface area contributed by atoms with Crippen molar-refractivity contribution in [1.29, 1.82) is 0 Å². The van der Waals surface area contributed by atoms with Gasteiger partial charge in [0.15, 0.2) is 11.5 Å². The van der Waals surface area contributed by atoms with Crippen LogP contribution < -0.4 is 15.0 Å². The highest BCUT2D eigenvalue weighted by atomic mass is 32.1. The van der Waals surface area contributed by atoms with Crippen LogP contribution in [0.15, 0.2) is 41.5 Å². The van der Waals surface area contributed by atoms with Crippen LogP contribution in [0.5, 0.6) is 11.5 Å². The predicted octanol–water partition coefficient (Wildman–Crippen LogP) is 2.31. The largest absolute Gasteiger partial charge is 0.493 e. The maximum absolute atomic E-state index is 12.5. The summed E-state index contributed by atoms with van der Waals surface area (Å²) in [5.74, 6) is 1.08. The standard InChI is InChI=1S/C19H21N3O4S/c1-13-10-14-18(27-13)20-12-22(19(14)24)11-17(23)21(2)8-9-26-16-7-5-4-6-15(16)25-3/h4-7,10,12H,8-9,11H2,1-3H3. The quantitative estimate of drug-likeness (QED) is 0.622. The van der Waals surface area contributed by atoms with Crippen LogP contribution in [0.1, 0.15) is 4.88 Å². The van der Waals surface area contributed by atoms with Crippen LogP contribution in [0.25, 0.3) is 10.2 Å². The Balaban J connectivity index is 1.59. The van der Waals surface area contributed by atoms with E-state index in [0.29, 0.717) is 34.9 Å². The van der Waals surface area contributed by atoms with Crippen LogP contribution in [0.4, 0.5) is 0 Å². The Morgan fingerprint density at radius 1 is 1.30 bits per heavy atom. The third-order valence-corrected chi connectivity index (χ3v) is 5.08. The second kappa shape index (κ2) is 8.22. The van der Waals surface area contributed by atoms with Crippen LogP contribution in [0.2, 0.25) is 0 Å². The van der Waals surface area contributed by atoms with Gasteiger partial charge in [-0.2, -0.15) is 0 Å². The highest BCUT2D eigenvalue weighted by molar-refractivity contribution is 7.18. The fraction of sp³-hybridized carbons (Fsp3) is 0.316. The zero-order valence-corrected chi connectivity index (χ0v) is 16.3. The van der Waals surface area contributed by atoms with Crippen molar-refractivity contribution in [3.05, 3.63) is 51.9 Å². The van der Waals surface area contributed by atoms with E-state index in [4.69, 9.17) is 9.47 Å². The molecule has 0 radical (unpaired) electrons. The van der Waals surface area contributed by atoms with Crippen LogP contribution in [0.3, 0.4) is 0 Å². The van der Waals surface area contributed by atoms with Gasteiger partial charge in [-0.3, -0.25) is 14.2 Å². The van der Waals surface area contributed by atoms with E-state index in [1.165, 1.54) is 27.1 Å². The van der Waals surface area contributed by atoms with Crippen molar-refractivity contribution in [2.45, 2.75) is 13.5 Å². The molecule has 142 valence electrons. The highest BCUT2D eigenvalue weighted by Gasteiger charge is 2.13. The van der Waals surface area contributed by atoms with Crippen molar-refractivity contribution in [2.75, 3.05) is 27.3 Å². The van der Waals surface area contributed by atoms with E-state index < -0.39 is 0 Å². The summed E-state index contributed by atoms with van der Waals surface area (Å²) < 4.78 is 12.3. The van der Waals surface area contributed by atoms with Crippen molar-refractivity contribution in [1.82, 2.24) is 14.5 Å². The lowest BCUT2D eigenvalue weighted by Gasteiger charge is -2.18. The number of carbonyl (C=O) groups is 1. The molecule has 0 saturated carbocycles. The predicted molar refractivity (Wildman–Crippen MR) is 105 cm³/mol. The second-order valence-electron chi connectivity index (χ2n) is 6.07. The van der Waals surface area contributed by atoms with E-state index in [2.05, 4.69) is 4.98 Å². The molecule has 0 unspecified atom stereocenters. The summed E-state index contributed by atoms with van der Waals surface area (Å²) in [7, 11) is 3.26. The zero-order chi connectivity index (χ0) is 19.4. The van der Waals surface area contributed by atoms with E-state index in [9.17, 15) is 9.59 Å². The van der Waals surface area contributed by atoms with Gasteiger partial charge in [-0.1, -0.05) is 12.1 Å². The van der Waals surface area contributed by atoms with Gasteiger partial charge in [0, 0.05) is 11.9 Å². The van der Waals surface area contributed by atoms with Crippen molar-refractivity contribution in [2.24, 2.45) is 0 Å². The Morgan fingerprint density at radius 2 is 2.04 bits per heavy atom. The molecule has 0 atom stereocenters. The molecular weight excluding hydrogens is 366 g/mol. The summed E-state index contributed by atoms with van der Waals surface area (Å²) >= 11 is 1.47. The second-order valence-corrected chi connectivity index (χ2v) is 7.30. The van der Waals surface area contributed by atoms with E-state index in [1.807, 2.05) is 31.2 Å². The maximum Gasteiger partial charge on any atom is 0.262 e. The van der Waals surface area contributed by atoms with Crippen molar-refractivity contribution < 1.29 is 14.3 Å². The average molecular weight is 387 g/mol. The van der Waals surface area contributed by atoms with Gasteiger partial charge in [-0.05, 0) is 25.1 Å². The van der Waals surface area contributed by atoms with Crippen LogP contribution >= 0.6 is 11.3 Å². The molecule has 1 amide bonds. The SMILES string of the molecule is COc1ccccc1OCCN(C)C(=O)Cn1cnc2sc(C)cc2c1=O. The van der Waals surface area contributed by atoms with Crippen molar-refractivity contribution >= 4 is 27.5 Å². The molecule has 0 saturated heterocycles. The van der Waals surface area contributed by atoms with Gasteiger partial charge in [0.1, 0.15) is 18.0 Å². The number of hydrogen-bond acceptors (Lipinski definition) is 6. The molecule has 8 heteroatoms. The Bertz CT molecular complexity index is 1010. The molecule has 0 aliphatic carbocycles. The van der Waals surface area contributed by atoms with Gasteiger partial charge in [0.05, 0.1) is 25.4 Å². The Morgan fingerprint density at radius 3 is 2.78 bits per heavy atom. The lowest BCUT2D eigenvalue weighted by Crippen LogP contribution is -2.36. The molecule has 3 aromatic rings. The van der Waals surface area contributed by atoms with E-state index in [-0.39, 0.29) is 18.0 Å². The maximum atomic E-state index is 12.5. The van der Waals surface area contributed by atoms with E-state index in [1.54, 1.807) is 20.2 Å². The normalized spacial score (nSPS) is 10.8. The third-order valence-electron chi connectivity index (χ3n) is 4.13. The Labute approximate surface area is 160 Å². The first kappa shape index (κ1) is 18.9. The first-order valence-corrected chi connectivity index (χ1v) is 9.26. The first-order chi connectivity index (χ1) is 13.0. The van der Waals surface area contributed by atoms with Crippen molar-refractivity contribution in [3.63, 3.8) is 0 Å². The van der Waals surface area contributed by atoms with Gasteiger partial charge in [-0.25, -0.2) is 4.98 Å². The summed E-state index contributed by atoms with van der Waals surface area (Å²) in [5, 5.41) is 0.551. The Hall–Kier alpha value is -2.87. The number of aromatic nitrogens is 2. The number of methoxy groups -OCH3 is 1. The van der Waals surface area contributed by atoms with E-state index in [0.717, 1.165) is 4.88 Å². The van der Waals surface area contributed by atoms with Gasteiger partial charge in [-0.15, -0.1) is 11.3 Å². The summed E-state index contributed by atoms with van der Waals surface area (Å²) in [6.07, 6.45) is 1.43. The number of carbonyl (C=O) groups excluding carboxylic acids is 1. The average Bonchev–Trinajstić information content (AvgIpc) is 3.05. The minimum atomic E-state index is -0.198. The number of ether oxygens (including phenoxy) is 2. The Kier molecular flexibility index (Phi) is 5.75. The minimum Gasteiger partial charge on any atom is -0.493 e. The number of rotatable bonds is 7. The zero-order valence-electron chi connectivity index (χ0n) is 15.5. The first-order valence-electron chi connectivity index (χ1n) is 8.45. The molecule has 0 fully saturated rings. The van der Waals surface area contributed by atoms with Gasteiger partial charge < -0.3 is 14.4 Å². The molecule has 3 rings (SSSR count). The molecule has 0 bridgehead atoms. The number of hydrogen-bond donors (Lipinski definition) is 0. The third kappa shape index (κ3) is 4.28. The van der Waals surface area contributed by atoms with Gasteiger partial charge >= 0.3 is 0 Å². The van der Waals surface area contributed by atoms with Crippen LogP contribution in [-0.2, 0) is 11.3 Å². The number of nitrogens with zero attached hydrogens (tertiary/aromatic N) is 3. The number of aryl methyl sites for hydroxylation is 1. The smallest absolute Gasteiger partial charge is 0.262 e. The number of benzene rings is 1. The minimum absolute atomic E-state index is 0.0537. The molecule has 2 heterocycles. The topological polar surface area (TPSA) is 73.7 Å². The lowest BCUT2D eigenvalue weighted by atomic mass is 10.3. The summed E-state index contributed by atoms with van der Waals surface area (Å²) in [5.41, 5.74) is -0.198. The van der Waals surface area contributed by atoms with E-state index >= 15 is 0 Å². The molecule has 1 aromatic carbocycles. The van der Waals surface area contributed by atoms with Crippen molar-refractivity contribution in [3.8, 4) is 11.5 Å². The number of thiophene rings is 1. The van der Waals surface area contributed by atoms with Gasteiger partial charge in [0.25, 0.3) is 5.56 Å². The molecule has 2 aromatic heterocycles. The number of para-hydroxylation sites is 2. The molecule has 0 spiro atoms. The summed E-state index contributed by atoms with van der Waals surface area (Å²) in [4.78, 5) is 32.4. The lowest BCUT2D eigenvalue weighted by molar-refractivity contribution is -0.130. The highest BCUT2D eigenvalue weighted by Crippen LogP contribution is 2.25. The number of likely N-dealkylation sites (N-methyl/N-ethyl adjacent to an activating group) is 1. The van der Waals surface area contributed by atoms with Crippen LogP contribution in [-0.4, -0.2) is 47.7 Å². The number of fused-ring (bicyclic) bond motifs is 1. The molecule has 27 heavy (non-hydrogen) atoms. The fourth-order valence-corrected chi connectivity index (χ4v) is 3.45. The molecule has 0 aliphatic rings.